The molecule has 1 amide bonds. The Bertz CT molecular complexity index is 308. The molecule has 0 aromatic heterocycles. The molecule has 0 aliphatic rings. The highest BCUT2D eigenvalue weighted by molar-refractivity contribution is 7.99. The van der Waals surface area contributed by atoms with Gasteiger partial charge in [0.2, 0.25) is 5.91 Å². The molecule has 0 spiro atoms. The summed E-state index contributed by atoms with van der Waals surface area (Å²) >= 11 is 1.30. The fourth-order valence-electron chi connectivity index (χ4n) is 1.14. The summed E-state index contributed by atoms with van der Waals surface area (Å²) in [7, 11) is 0. The van der Waals surface area contributed by atoms with Gasteiger partial charge in [-0.1, -0.05) is 6.92 Å². The summed E-state index contributed by atoms with van der Waals surface area (Å²) in [5, 5.41) is 11.2. The van der Waals surface area contributed by atoms with Crippen molar-refractivity contribution in [2.24, 2.45) is 5.92 Å². The molecule has 0 saturated carbocycles. The Balaban J connectivity index is 4.02. The number of hydrogen-bond donors (Lipinski definition) is 2. The van der Waals surface area contributed by atoms with Crippen LogP contribution >= 0.6 is 11.8 Å². The minimum atomic E-state index is -1.08. The first-order chi connectivity index (χ1) is 8.38. The number of esters is 1. The maximum absolute atomic E-state index is 11.3. The van der Waals surface area contributed by atoms with E-state index in [0.29, 0.717) is 12.4 Å². The van der Waals surface area contributed by atoms with Crippen molar-refractivity contribution in [2.75, 3.05) is 18.1 Å². The van der Waals surface area contributed by atoms with E-state index in [-0.39, 0.29) is 23.5 Å². The normalized spacial score (nSPS) is 13.5. The smallest absolute Gasteiger partial charge is 0.327 e. The fourth-order valence-corrected chi connectivity index (χ4v) is 2.22. The summed E-state index contributed by atoms with van der Waals surface area (Å²) in [6, 6.07) is -0.929. The van der Waals surface area contributed by atoms with E-state index in [2.05, 4.69) is 5.32 Å². The summed E-state index contributed by atoms with van der Waals surface area (Å²) < 4.78 is 4.83. The minimum Gasteiger partial charge on any atom is -0.480 e. The lowest BCUT2D eigenvalue weighted by molar-refractivity contribution is -0.146. The first kappa shape index (κ1) is 16.8. The molecule has 0 radical (unpaired) electrons. The van der Waals surface area contributed by atoms with E-state index in [9.17, 15) is 14.4 Å². The number of thioether (sulfide) groups is 1. The van der Waals surface area contributed by atoms with Crippen molar-refractivity contribution in [3.63, 3.8) is 0 Å². The van der Waals surface area contributed by atoms with Crippen LogP contribution in [0, 0.1) is 5.92 Å². The molecule has 2 atom stereocenters. The van der Waals surface area contributed by atoms with E-state index in [4.69, 9.17) is 9.84 Å². The van der Waals surface area contributed by atoms with Crippen LogP contribution in [0.4, 0.5) is 0 Å². The zero-order chi connectivity index (χ0) is 14.1. The summed E-state index contributed by atoms with van der Waals surface area (Å²) in [4.78, 5) is 32.9. The third kappa shape index (κ3) is 7.16. The summed E-state index contributed by atoms with van der Waals surface area (Å²) in [6.07, 6.45) is 0. The number of aliphatic carboxylic acids is 1. The highest BCUT2D eigenvalue weighted by Crippen LogP contribution is 2.11. The molecule has 6 nitrogen and oxygen atoms in total. The van der Waals surface area contributed by atoms with E-state index in [1.807, 2.05) is 0 Å². The average Bonchev–Trinajstić information content (AvgIpc) is 2.27. The van der Waals surface area contributed by atoms with E-state index in [0.717, 1.165) is 0 Å². The molecule has 0 heterocycles. The van der Waals surface area contributed by atoms with Crippen molar-refractivity contribution in [1.29, 1.82) is 0 Å². The third-order valence-corrected chi connectivity index (χ3v) is 3.32. The van der Waals surface area contributed by atoms with Crippen molar-refractivity contribution >= 4 is 29.6 Å². The van der Waals surface area contributed by atoms with E-state index < -0.39 is 12.0 Å². The molecule has 2 unspecified atom stereocenters. The molecule has 7 heteroatoms. The lowest BCUT2D eigenvalue weighted by Crippen LogP contribution is -2.41. The minimum absolute atomic E-state index is 0.221. The fraction of sp³-hybridized carbons (Fsp3) is 0.727. The van der Waals surface area contributed by atoms with Crippen molar-refractivity contribution in [3.05, 3.63) is 0 Å². The van der Waals surface area contributed by atoms with Crippen LogP contribution < -0.4 is 5.32 Å². The second kappa shape index (κ2) is 8.79. The summed E-state index contributed by atoms with van der Waals surface area (Å²) in [6.45, 7) is 5.05. The molecule has 18 heavy (non-hydrogen) atoms. The first-order valence-corrected chi connectivity index (χ1v) is 6.78. The van der Waals surface area contributed by atoms with Gasteiger partial charge in [-0.05, 0) is 6.92 Å². The number of carbonyl (C=O) groups is 3. The Hall–Kier alpha value is -1.24. The van der Waals surface area contributed by atoms with Crippen LogP contribution in [0.5, 0.6) is 0 Å². The van der Waals surface area contributed by atoms with Crippen LogP contribution in [0.25, 0.3) is 0 Å². The Kier molecular flexibility index (Phi) is 8.19. The quantitative estimate of drug-likeness (QED) is 0.628. The predicted octanol–water partition coefficient (Wildman–Crippen LogP) is 0.508. The van der Waals surface area contributed by atoms with E-state index >= 15 is 0 Å². The Morgan fingerprint density at radius 1 is 1.33 bits per heavy atom. The van der Waals surface area contributed by atoms with Gasteiger partial charge in [-0.2, -0.15) is 11.8 Å². The molecule has 0 saturated heterocycles. The van der Waals surface area contributed by atoms with Crippen LogP contribution in [0.1, 0.15) is 20.8 Å². The lowest BCUT2D eigenvalue weighted by atomic mass is 10.2. The molecular formula is C11H19NO5S. The monoisotopic (exact) mass is 277 g/mol. The zero-order valence-electron chi connectivity index (χ0n) is 10.8. The van der Waals surface area contributed by atoms with Gasteiger partial charge in [0, 0.05) is 18.4 Å². The standard InChI is InChI=1S/C11H19NO5S/c1-4-17-11(16)7(2)5-18-6-9(10(14)15)12-8(3)13/h7,9H,4-6H2,1-3H3,(H,12,13)(H,14,15). The van der Waals surface area contributed by atoms with Gasteiger partial charge in [0.05, 0.1) is 12.5 Å². The number of carboxylic acid groups (broad SMARTS) is 1. The van der Waals surface area contributed by atoms with Crippen molar-refractivity contribution in [1.82, 2.24) is 5.32 Å². The van der Waals surface area contributed by atoms with E-state index in [1.165, 1.54) is 18.7 Å². The number of rotatable bonds is 8. The molecule has 0 aromatic rings. The topological polar surface area (TPSA) is 92.7 Å². The van der Waals surface area contributed by atoms with Crippen LogP contribution in [-0.2, 0) is 19.1 Å². The van der Waals surface area contributed by atoms with Crippen molar-refractivity contribution in [2.45, 2.75) is 26.8 Å². The maximum atomic E-state index is 11.3. The largest absolute Gasteiger partial charge is 0.480 e. The predicted molar refractivity (Wildman–Crippen MR) is 68.4 cm³/mol. The van der Waals surface area contributed by atoms with Gasteiger partial charge in [-0.25, -0.2) is 4.79 Å². The van der Waals surface area contributed by atoms with Gasteiger partial charge in [-0.3, -0.25) is 9.59 Å². The highest BCUT2D eigenvalue weighted by Gasteiger charge is 2.20. The van der Waals surface area contributed by atoms with Gasteiger partial charge in [0.25, 0.3) is 0 Å². The number of amides is 1. The van der Waals surface area contributed by atoms with E-state index in [1.54, 1.807) is 13.8 Å². The van der Waals surface area contributed by atoms with Crippen LogP contribution in [0.3, 0.4) is 0 Å². The van der Waals surface area contributed by atoms with Crippen molar-refractivity contribution in [3.8, 4) is 0 Å². The average molecular weight is 277 g/mol. The molecule has 0 aliphatic carbocycles. The number of nitrogens with one attached hydrogen (secondary N) is 1. The Morgan fingerprint density at radius 2 is 1.94 bits per heavy atom. The summed E-state index contributed by atoms with van der Waals surface area (Å²) in [5.74, 6) is -1.37. The van der Waals surface area contributed by atoms with Crippen molar-refractivity contribution < 1.29 is 24.2 Å². The second-order valence-electron chi connectivity index (χ2n) is 3.78. The van der Waals surface area contributed by atoms with Gasteiger partial charge >= 0.3 is 11.9 Å². The molecule has 0 aromatic carbocycles. The third-order valence-electron chi connectivity index (χ3n) is 2.02. The Labute approximate surface area is 110 Å². The van der Waals surface area contributed by atoms with Crippen LogP contribution in [-0.4, -0.2) is 47.1 Å². The molecule has 0 fully saturated rings. The molecule has 0 bridgehead atoms. The van der Waals surface area contributed by atoms with Gasteiger partial charge in [-0.15, -0.1) is 0 Å². The second-order valence-corrected chi connectivity index (χ2v) is 4.86. The molecule has 0 aliphatic heterocycles. The lowest BCUT2D eigenvalue weighted by Gasteiger charge is -2.14. The SMILES string of the molecule is CCOC(=O)C(C)CSCC(NC(C)=O)C(=O)O. The number of carboxylic acids is 1. The van der Waals surface area contributed by atoms with Gasteiger partial charge in [0.15, 0.2) is 0 Å². The Morgan fingerprint density at radius 3 is 2.39 bits per heavy atom. The highest BCUT2D eigenvalue weighted by atomic mass is 32.2. The van der Waals surface area contributed by atoms with Crippen LogP contribution in [0.15, 0.2) is 0 Å². The van der Waals surface area contributed by atoms with Gasteiger partial charge in [0.1, 0.15) is 6.04 Å². The van der Waals surface area contributed by atoms with Crippen LogP contribution in [0.2, 0.25) is 0 Å². The molecule has 2 N–H and O–H groups in total. The van der Waals surface area contributed by atoms with Gasteiger partial charge < -0.3 is 15.2 Å². The molecule has 104 valence electrons. The first-order valence-electron chi connectivity index (χ1n) is 5.62. The summed E-state index contributed by atoms with van der Waals surface area (Å²) in [5.41, 5.74) is 0. The molecule has 0 rings (SSSR count). The maximum Gasteiger partial charge on any atom is 0.327 e. The number of hydrogen-bond acceptors (Lipinski definition) is 5. The number of ether oxygens (including phenoxy) is 1. The molecular weight excluding hydrogens is 258 g/mol. The zero-order valence-corrected chi connectivity index (χ0v) is 11.6. The number of carbonyl (C=O) groups excluding carboxylic acids is 2.